The predicted molar refractivity (Wildman–Crippen MR) is 87.5 cm³/mol. The van der Waals surface area contributed by atoms with Crippen LogP contribution in [-0.4, -0.2) is 26.0 Å². The smallest absolute Gasteiger partial charge is 0.308 e. The molecule has 1 N–H and O–H groups in total. The van der Waals surface area contributed by atoms with E-state index in [9.17, 15) is 13.2 Å². The number of sulfonamides is 1. The number of aliphatic carboxylic acids is 1. The number of thiophene rings is 1. The number of para-hydroxylation sites is 1. The van der Waals surface area contributed by atoms with Gasteiger partial charge in [-0.25, -0.2) is 8.42 Å². The van der Waals surface area contributed by atoms with E-state index < -0.39 is 16.0 Å². The summed E-state index contributed by atoms with van der Waals surface area (Å²) in [4.78, 5) is 11.3. The van der Waals surface area contributed by atoms with Crippen LogP contribution in [-0.2, 0) is 26.7 Å². The van der Waals surface area contributed by atoms with Crippen molar-refractivity contribution in [2.24, 2.45) is 0 Å². The molecule has 0 bridgehead atoms. The molecule has 2 aromatic rings. The van der Waals surface area contributed by atoms with E-state index in [1.54, 1.807) is 6.07 Å². The molecule has 1 aromatic carbocycles. The van der Waals surface area contributed by atoms with Gasteiger partial charge in [0.15, 0.2) is 0 Å². The maximum Gasteiger partial charge on any atom is 0.308 e. The van der Waals surface area contributed by atoms with E-state index in [0.29, 0.717) is 11.4 Å². The Morgan fingerprint density at radius 3 is 2.65 bits per heavy atom. The zero-order valence-corrected chi connectivity index (χ0v) is 13.9. The summed E-state index contributed by atoms with van der Waals surface area (Å²) in [7, 11) is -3.64. The van der Waals surface area contributed by atoms with E-state index in [0.717, 1.165) is 35.4 Å². The lowest BCUT2D eigenvalue weighted by Crippen LogP contribution is -2.31. The number of carbonyl (C=O) groups is 1. The van der Waals surface area contributed by atoms with Gasteiger partial charge in [-0.3, -0.25) is 9.10 Å². The minimum atomic E-state index is -3.64. The predicted octanol–water partition coefficient (Wildman–Crippen LogP) is 2.62. The Labute approximate surface area is 138 Å². The van der Waals surface area contributed by atoms with Crippen LogP contribution in [0.1, 0.15) is 23.3 Å². The van der Waals surface area contributed by atoms with Crippen LogP contribution in [0.5, 0.6) is 0 Å². The molecule has 120 valence electrons. The van der Waals surface area contributed by atoms with Gasteiger partial charge in [-0.15, -0.1) is 11.3 Å². The maximum absolute atomic E-state index is 13.0. The van der Waals surface area contributed by atoms with Crippen molar-refractivity contribution in [1.82, 2.24) is 0 Å². The van der Waals surface area contributed by atoms with Crippen molar-refractivity contribution in [3.8, 4) is 0 Å². The number of benzene rings is 1. The van der Waals surface area contributed by atoms with Gasteiger partial charge in [0, 0.05) is 16.8 Å². The molecule has 0 saturated heterocycles. The second kappa shape index (κ2) is 4.82. The first-order valence-corrected chi connectivity index (χ1v) is 9.61. The number of anilines is 1. The molecule has 7 heteroatoms. The third-order valence-corrected chi connectivity index (χ3v) is 7.86. The summed E-state index contributed by atoms with van der Waals surface area (Å²) < 4.78 is 27.7. The van der Waals surface area contributed by atoms with Gasteiger partial charge in [0.1, 0.15) is 4.21 Å². The second-order valence-corrected chi connectivity index (χ2v) is 9.36. The molecule has 0 unspecified atom stereocenters. The lowest BCUT2D eigenvalue weighted by atomic mass is 9.99. The van der Waals surface area contributed by atoms with E-state index in [2.05, 4.69) is 0 Å². The highest BCUT2D eigenvalue weighted by Crippen LogP contribution is 2.57. The van der Waals surface area contributed by atoms with Crippen molar-refractivity contribution >= 4 is 33.0 Å². The Morgan fingerprint density at radius 2 is 1.96 bits per heavy atom. The summed E-state index contributed by atoms with van der Waals surface area (Å²) in [5.41, 5.74) is 1.87. The number of hydrogen-bond acceptors (Lipinski definition) is 4. The molecule has 1 fully saturated rings. The third-order valence-electron chi connectivity index (χ3n) is 4.55. The van der Waals surface area contributed by atoms with Crippen LogP contribution < -0.4 is 4.31 Å². The number of rotatable bonds is 4. The van der Waals surface area contributed by atoms with Crippen molar-refractivity contribution in [1.29, 1.82) is 0 Å². The summed E-state index contributed by atoms with van der Waals surface area (Å²) in [5, 5.41) is 8.84. The first kappa shape index (κ1) is 14.7. The fraction of sp³-hybridized carbons (Fsp3) is 0.312. The number of hydrogen-bond donors (Lipinski definition) is 1. The normalized spacial score (nSPS) is 18.2. The lowest BCUT2D eigenvalue weighted by molar-refractivity contribution is -0.136. The second-order valence-electron chi connectivity index (χ2n) is 6.10. The molecule has 0 amide bonds. The largest absolute Gasteiger partial charge is 0.481 e. The topological polar surface area (TPSA) is 74.7 Å². The average molecular weight is 349 g/mol. The van der Waals surface area contributed by atoms with Crippen LogP contribution >= 0.6 is 11.3 Å². The molecule has 1 spiro atoms. The van der Waals surface area contributed by atoms with Crippen molar-refractivity contribution < 1.29 is 18.3 Å². The van der Waals surface area contributed by atoms with Crippen LogP contribution in [0.3, 0.4) is 0 Å². The fourth-order valence-electron chi connectivity index (χ4n) is 3.23. The van der Waals surface area contributed by atoms with E-state index in [4.69, 9.17) is 5.11 Å². The van der Waals surface area contributed by atoms with E-state index >= 15 is 0 Å². The Morgan fingerprint density at radius 1 is 1.22 bits per heavy atom. The van der Waals surface area contributed by atoms with Gasteiger partial charge < -0.3 is 5.11 Å². The molecular formula is C16H15NO4S2. The lowest BCUT2D eigenvalue weighted by Gasteiger charge is -2.18. The number of carboxylic acids is 1. The Hall–Kier alpha value is -1.86. The summed E-state index contributed by atoms with van der Waals surface area (Å²) in [6.45, 7) is 0.487. The highest BCUT2D eigenvalue weighted by atomic mass is 32.2. The first-order valence-electron chi connectivity index (χ1n) is 7.35. The van der Waals surface area contributed by atoms with Gasteiger partial charge in [0.05, 0.1) is 12.1 Å². The molecule has 1 aromatic heterocycles. The number of fused-ring (bicyclic) bond motifs is 2. The summed E-state index contributed by atoms with van der Waals surface area (Å²) in [6, 6.07) is 10.8. The van der Waals surface area contributed by atoms with Crippen molar-refractivity contribution in [3.05, 3.63) is 46.8 Å². The van der Waals surface area contributed by atoms with Crippen LogP contribution in [0.15, 0.2) is 40.6 Å². The van der Waals surface area contributed by atoms with Crippen LogP contribution in [0, 0.1) is 0 Å². The van der Waals surface area contributed by atoms with E-state index in [1.807, 2.05) is 24.3 Å². The monoisotopic (exact) mass is 349 g/mol. The zero-order valence-electron chi connectivity index (χ0n) is 12.2. The summed E-state index contributed by atoms with van der Waals surface area (Å²) in [6.07, 6.45) is 1.89. The van der Waals surface area contributed by atoms with Gasteiger partial charge in [0.2, 0.25) is 0 Å². The Kier molecular flexibility index (Phi) is 3.08. The third kappa shape index (κ3) is 2.26. The van der Waals surface area contributed by atoms with Gasteiger partial charge in [-0.1, -0.05) is 18.2 Å². The van der Waals surface area contributed by atoms with Crippen LogP contribution in [0.2, 0.25) is 0 Å². The van der Waals surface area contributed by atoms with Crippen LogP contribution in [0.25, 0.3) is 0 Å². The summed E-state index contributed by atoms with van der Waals surface area (Å²) in [5.74, 6) is -0.959. The van der Waals surface area contributed by atoms with Gasteiger partial charge in [-0.05, 0) is 36.6 Å². The number of nitrogens with zero attached hydrogens (tertiary/aromatic N) is 1. The molecule has 23 heavy (non-hydrogen) atoms. The van der Waals surface area contributed by atoms with Gasteiger partial charge >= 0.3 is 5.97 Å². The highest BCUT2D eigenvalue weighted by molar-refractivity contribution is 7.94. The van der Waals surface area contributed by atoms with Crippen molar-refractivity contribution in [2.45, 2.75) is 28.9 Å². The highest BCUT2D eigenvalue weighted by Gasteiger charge is 2.54. The molecule has 0 atom stereocenters. The first-order chi connectivity index (χ1) is 10.9. The van der Waals surface area contributed by atoms with E-state index in [-0.39, 0.29) is 16.0 Å². The van der Waals surface area contributed by atoms with Crippen molar-refractivity contribution in [2.75, 3.05) is 10.8 Å². The minimum Gasteiger partial charge on any atom is -0.481 e. The molecule has 5 nitrogen and oxygen atoms in total. The Bertz CT molecular complexity index is 896. The van der Waals surface area contributed by atoms with Gasteiger partial charge in [0.25, 0.3) is 10.0 Å². The molecular weight excluding hydrogens is 334 g/mol. The standard InChI is InChI=1S/C16H15NO4S2/c18-14(19)9-11-5-6-15(22-11)23(20,21)17-10-16(7-8-16)12-3-1-2-4-13(12)17/h1-6H,7-10H2,(H,18,19). The molecule has 0 radical (unpaired) electrons. The zero-order chi connectivity index (χ0) is 16.2. The fourth-order valence-corrected chi connectivity index (χ4v) is 6.26. The molecule has 1 saturated carbocycles. The molecule has 2 aliphatic rings. The van der Waals surface area contributed by atoms with E-state index in [1.165, 1.54) is 10.4 Å². The Balaban J connectivity index is 1.73. The molecule has 2 heterocycles. The molecule has 1 aliphatic heterocycles. The van der Waals surface area contributed by atoms with Crippen molar-refractivity contribution in [3.63, 3.8) is 0 Å². The maximum atomic E-state index is 13.0. The van der Waals surface area contributed by atoms with Gasteiger partial charge in [-0.2, -0.15) is 0 Å². The average Bonchev–Trinajstić information content (AvgIpc) is 2.98. The quantitative estimate of drug-likeness (QED) is 0.921. The molecule has 4 rings (SSSR count). The number of carboxylic acid groups (broad SMARTS) is 1. The molecule has 1 aliphatic carbocycles. The minimum absolute atomic E-state index is 0.00911. The SMILES string of the molecule is O=C(O)Cc1ccc(S(=O)(=O)N2CC3(CC3)c3ccccc32)s1. The van der Waals surface area contributed by atoms with Crippen LogP contribution in [0.4, 0.5) is 5.69 Å². The summed E-state index contributed by atoms with van der Waals surface area (Å²) >= 11 is 1.04.